The lowest BCUT2D eigenvalue weighted by atomic mass is 10.3. The lowest BCUT2D eigenvalue weighted by Gasteiger charge is -1.95. The smallest absolute Gasteiger partial charge is 0.140 e. The van der Waals surface area contributed by atoms with Crippen molar-refractivity contribution in [1.82, 2.24) is 9.59 Å². The minimum Gasteiger partial charge on any atom is -0.506 e. The minimum absolute atomic E-state index is 0.0604. The Hall–Kier alpha value is -1.36. The summed E-state index contributed by atoms with van der Waals surface area (Å²) >= 11 is 1.26. The summed E-state index contributed by atoms with van der Waals surface area (Å²) in [6, 6.07) is 3.28. The summed E-state index contributed by atoms with van der Waals surface area (Å²) in [6.07, 6.45) is 0. The van der Waals surface area contributed by atoms with Crippen molar-refractivity contribution in [1.29, 1.82) is 0 Å². The number of anilines is 1. The first-order chi connectivity index (χ1) is 5.29. The maximum Gasteiger partial charge on any atom is 0.140 e. The van der Waals surface area contributed by atoms with Crippen LogP contribution in [0, 0.1) is 0 Å². The fourth-order valence-electron chi connectivity index (χ4n) is 0.859. The van der Waals surface area contributed by atoms with Gasteiger partial charge in [-0.1, -0.05) is 4.49 Å². The zero-order valence-corrected chi connectivity index (χ0v) is 6.30. The highest BCUT2D eigenvalue weighted by molar-refractivity contribution is 7.13. The van der Waals surface area contributed by atoms with E-state index in [0.717, 1.165) is 4.70 Å². The van der Waals surface area contributed by atoms with Gasteiger partial charge < -0.3 is 10.8 Å². The monoisotopic (exact) mass is 167 g/mol. The summed E-state index contributed by atoms with van der Waals surface area (Å²) in [5, 5.41) is 12.9. The molecule has 1 heterocycles. The van der Waals surface area contributed by atoms with Gasteiger partial charge in [0.2, 0.25) is 0 Å². The van der Waals surface area contributed by atoms with Crippen LogP contribution in [0.5, 0.6) is 5.75 Å². The molecular weight excluding hydrogens is 162 g/mol. The maximum absolute atomic E-state index is 9.15. The number of hydrogen-bond donors (Lipinski definition) is 2. The van der Waals surface area contributed by atoms with E-state index < -0.39 is 0 Å². The average molecular weight is 167 g/mol. The van der Waals surface area contributed by atoms with Gasteiger partial charge in [0.25, 0.3) is 0 Å². The van der Waals surface area contributed by atoms with Gasteiger partial charge >= 0.3 is 0 Å². The maximum atomic E-state index is 9.15. The Kier molecular flexibility index (Phi) is 1.19. The molecule has 56 valence electrons. The number of benzene rings is 1. The second-order valence-electron chi connectivity index (χ2n) is 2.12. The highest BCUT2D eigenvalue weighted by Gasteiger charge is 2.05. The van der Waals surface area contributed by atoms with Gasteiger partial charge in [0.15, 0.2) is 0 Å². The summed E-state index contributed by atoms with van der Waals surface area (Å²) in [7, 11) is 0. The number of aromatic hydroxyl groups is 1. The Morgan fingerprint density at radius 2 is 2.27 bits per heavy atom. The molecule has 2 aromatic rings. The standard InChI is InChI=1S/C6H5N3OS/c7-5-3(10)1-2-4-6(5)8-9-11-4/h1-2,10H,7H2. The average Bonchev–Trinajstić information content (AvgIpc) is 2.45. The van der Waals surface area contributed by atoms with Crippen LogP contribution in [0.25, 0.3) is 10.2 Å². The predicted molar refractivity (Wildman–Crippen MR) is 43.5 cm³/mol. The molecule has 0 unspecified atom stereocenters. The first-order valence-corrected chi connectivity index (χ1v) is 3.76. The van der Waals surface area contributed by atoms with Crippen molar-refractivity contribution in [2.45, 2.75) is 0 Å². The van der Waals surface area contributed by atoms with Gasteiger partial charge in [-0.3, -0.25) is 0 Å². The van der Waals surface area contributed by atoms with Crippen molar-refractivity contribution in [3.8, 4) is 5.75 Å². The Morgan fingerprint density at radius 3 is 3.09 bits per heavy atom. The van der Waals surface area contributed by atoms with Gasteiger partial charge in [0.05, 0.1) is 4.70 Å². The largest absolute Gasteiger partial charge is 0.506 e. The summed E-state index contributed by atoms with van der Waals surface area (Å²) in [6.45, 7) is 0. The molecule has 0 saturated carbocycles. The highest BCUT2D eigenvalue weighted by atomic mass is 32.1. The van der Waals surface area contributed by atoms with Crippen molar-refractivity contribution in [3.63, 3.8) is 0 Å². The van der Waals surface area contributed by atoms with Crippen LogP contribution in [0.2, 0.25) is 0 Å². The lowest BCUT2D eigenvalue weighted by Crippen LogP contribution is -1.86. The quantitative estimate of drug-likeness (QED) is 0.453. The molecule has 4 nitrogen and oxygen atoms in total. The predicted octanol–water partition coefficient (Wildman–Crippen LogP) is 0.979. The number of nitrogens with zero attached hydrogens (tertiary/aromatic N) is 2. The normalized spacial score (nSPS) is 10.5. The van der Waals surface area contributed by atoms with Gasteiger partial charge in [-0.05, 0) is 23.7 Å². The molecule has 0 fully saturated rings. The van der Waals surface area contributed by atoms with Gasteiger partial charge in [0, 0.05) is 0 Å². The van der Waals surface area contributed by atoms with Gasteiger partial charge in [0.1, 0.15) is 17.0 Å². The number of rotatable bonds is 0. The van der Waals surface area contributed by atoms with E-state index in [0.29, 0.717) is 11.2 Å². The zero-order chi connectivity index (χ0) is 7.84. The van der Waals surface area contributed by atoms with Crippen molar-refractivity contribution in [2.75, 3.05) is 5.73 Å². The zero-order valence-electron chi connectivity index (χ0n) is 5.48. The number of nitrogen functional groups attached to an aromatic ring is 1. The molecule has 3 N–H and O–H groups in total. The molecule has 11 heavy (non-hydrogen) atoms. The van der Waals surface area contributed by atoms with E-state index >= 15 is 0 Å². The molecule has 0 radical (unpaired) electrons. The molecule has 0 aliphatic carbocycles. The fraction of sp³-hybridized carbons (Fsp3) is 0. The molecule has 0 atom stereocenters. The Morgan fingerprint density at radius 1 is 1.45 bits per heavy atom. The molecule has 0 aliphatic heterocycles. The van der Waals surface area contributed by atoms with E-state index in [9.17, 15) is 0 Å². The Bertz CT molecular complexity index is 398. The third kappa shape index (κ3) is 0.813. The molecule has 5 heteroatoms. The van der Waals surface area contributed by atoms with E-state index in [4.69, 9.17) is 10.8 Å². The molecule has 0 spiro atoms. The number of nitrogens with two attached hydrogens (primary N) is 1. The molecule has 0 amide bonds. The van der Waals surface area contributed by atoms with Crippen LogP contribution in [-0.2, 0) is 0 Å². The van der Waals surface area contributed by atoms with Gasteiger partial charge in [-0.15, -0.1) is 5.10 Å². The second kappa shape index (κ2) is 2.06. The molecule has 1 aromatic carbocycles. The second-order valence-corrected chi connectivity index (χ2v) is 2.90. The topological polar surface area (TPSA) is 72.0 Å². The van der Waals surface area contributed by atoms with Crippen molar-refractivity contribution >= 4 is 27.4 Å². The van der Waals surface area contributed by atoms with Crippen LogP contribution in [0.15, 0.2) is 12.1 Å². The van der Waals surface area contributed by atoms with Gasteiger partial charge in [-0.2, -0.15) is 0 Å². The molecule has 0 bridgehead atoms. The van der Waals surface area contributed by atoms with E-state index in [-0.39, 0.29) is 5.75 Å². The number of phenolic OH excluding ortho intramolecular Hbond substituents is 1. The number of aromatic nitrogens is 2. The summed E-state index contributed by atoms with van der Waals surface area (Å²) in [4.78, 5) is 0. The van der Waals surface area contributed by atoms with Crippen molar-refractivity contribution < 1.29 is 5.11 Å². The third-order valence-electron chi connectivity index (χ3n) is 1.44. The van der Waals surface area contributed by atoms with Crippen LogP contribution in [0.3, 0.4) is 0 Å². The lowest BCUT2D eigenvalue weighted by molar-refractivity contribution is 0.478. The minimum atomic E-state index is 0.0604. The van der Waals surface area contributed by atoms with E-state index in [1.54, 1.807) is 6.07 Å². The van der Waals surface area contributed by atoms with E-state index in [1.807, 2.05) is 0 Å². The summed E-state index contributed by atoms with van der Waals surface area (Å²) in [5.41, 5.74) is 6.40. The van der Waals surface area contributed by atoms with Crippen LogP contribution >= 0.6 is 11.5 Å². The van der Waals surface area contributed by atoms with E-state index in [2.05, 4.69) is 9.59 Å². The molecular formula is C6H5N3OS. The molecule has 0 aliphatic rings. The fourth-order valence-corrected chi connectivity index (χ4v) is 1.44. The summed E-state index contributed by atoms with van der Waals surface area (Å²) < 4.78 is 4.59. The summed E-state index contributed by atoms with van der Waals surface area (Å²) in [5.74, 6) is 0.0604. The van der Waals surface area contributed by atoms with Crippen LogP contribution < -0.4 is 5.73 Å². The van der Waals surface area contributed by atoms with Crippen molar-refractivity contribution in [3.05, 3.63) is 12.1 Å². The number of fused-ring (bicyclic) bond motifs is 1. The Labute approximate surface area is 66.4 Å². The van der Waals surface area contributed by atoms with Crippen molar-refractivity contribution in [2.24, 2.45) is 0 Å². The number of phenols is 1. The first-order valence-electron chi connectivity index (χ1n) is 2.98. The SMILES string of the molecule is Nc1c(O)ccc2snnc12. The molecule has 2 rings (SSSR count). The van der Waals surface area contributed by atoms with Crippen LogP contribution in [-0.4, -0.2) is 14.7 Å². The van der Waals surface area contributed by atoms with Crippen LogP contribution in [0.1, 0.15) is 0 Å². The first kappa shape index (κ1) is 6.36. The van der Waals surface area contributed by atoms with E-state index in [1.165, 1.54) is 17.6 Å². The van der Waals surface area contributed by atoms with Crippen LogP contribution in [0.4, 0.5) is 5.69 Å². The Balaban J connectivity index is 2.93. The highest BCUT2D eigenvalue weighted by Crippen LogP contribution is 2.28. The van der Waals surface area contributed by atoms with Gasteiger partial charge in [-0.25, -0.2) is 0 Å². The molecule has 0 saturated heterocycles. The molecule has 1 aromatic heterocycles. The third-order valence-corrected chi connectivity index (χ3v) is 2.13. The number of hydrogen-bond acceptors (Lipinski definition) is 5.